The molecule has 1 atom stereocenters. The molecule has 3 nitrogen and oxygen atoms in total. The fourth-order valence-electron chi connectivity index (χ4n) is 2.78. The molecule has 0 saturated carbocycles. The van der Waals surface area contributed by atoms with Crippen LogP contribution in [0.25, 0.3) is 0 Å². The molecule has 1 amide bonds. The van der Waals surface area contributed by atoms with Gasteiger partial charge in [-0.05, 0) is 29.5 Å². The van der Waals surface area contributed by atoms with Crippen LogP contribution in [-0.4, -0.2) is 22.5 Å². The van der Waals surface area contributed by atoms with Crippen molar-refractivity contribution in [2.45, 2.75) is 52.7 Å². The van der Waals surface area contributed by atoms with Crippen molar-refractivity contribution in [1.29, 1.82) is 0 Å². The van der Waals surface area contributed by atoms with Crippen LogP contribution in [0.3, 0.4) is 0 Å². The lowest BCUT2D eigenvalue weighted by molar-refractivity contribution is -0.135. The minimum Gasteiger partial charge on any atom is -0.388 e. The molecule has 20 heavy (non-hydrogen) atoms. The van der Waals surface area contributed by atoms with Crippen molar-refractivity contribution in [3.8, 4) is 0 Å². The molecule has 0 fully saturated rings. The molecule has 0 saturated heterocycles. The van der Waals surface area contributed by atoms with E-state index >= 15 is 0 Å². The Morgan fingerprint density at radius 1 is 1.35 bits per heavy atom. The van der Waals surface area contributed by atoms with Gasteiger partial charge in [-0.15, -0.1) is 0 Å². The third kappa shape index (κ3) is 3.21. The Balaban J connectivity index is 2.17. The molecule has 1 unspecified atom stereocenters. The summed E-state index contributed by atoms with van der Waals surface area (Å²) in [6.07, 6.45) is 2.28. The van der Waals surface area contributed by atoms with Crippen molar-refractivity contribution < 1.29 is 9.90 Å². The van der Waals surface area contributed by atoms with Crippen LogP contribution in [0.4, 0.5) is 0 Å². The molecule has 0 aliphatic carbocycles. The average Bonchev–Trinajstić information content (AvgIpc) is 2.45. The number of aliphatic hydroxyl groups excluding tert-OH is 1. The van der Waals surface area contributed by atoms with Crippen LogP contribution in [0.1, 0.15) is 56.4 Å². The average molecular weight is 275 g/mol. The number of hydrogen-bond donors (Lipinski definition) is 1. The van der Waals surface area contributed by atoms with Gasteiger partial charge in [-0.3, -0.25) is 4.79 Å². The van der Waals surface area contributed by atoms with Gasteiger partial charge in [0.1, 0.15) is 0 Å². The Bertz CT molecular complexity index is 482. The van der Waals surface area contributed by atoms with E-state index in [0.717, 1.165) is 31.4 Å². The smallest absolute Gasteiger partial charge is 0.225 e. The molecule has 2 rings (SSSR count). The van der Waals surface area contributed by atoms with Crippen LogP contribution < -0.4 is 0 Å². The van der Waals surface area contributed by atoms with Crippen molar-refractivity contribution >= 4 is 5.91 Å². The molecule has 0 bridgehead atoms. The molecule has 0 radical (unpaired) electrons. The van der Waals surface area contributed by atoms with E-state index in [0.29, 0.717) is 6.54 Å². The number of aliphatic hydroxyl groups is 1. The molecule has 1 aliphatic rings. The summed E-state index contributed by atoms with van der Waals surface area (Å²) in [5.41, 5.74) is 3.48. The van der Waals surface area contributed by atoms with E-state index in [-0.39, 0.29) is 17.9 Å². The van der Waals surface area contributed by atoms with E-state index in [1.807, 2.05) is 24.8 Å². The second kappa shape index (κ2) is 6.40. The first-order chi connectivity index (χ1) is 9.52. The normalized spacial score (nSPS) is 16.1. The first kappa shape index (κ1) is 15.0. The first-order valence-corrected chi connectivity index (χ1v) is 7.61. The predicted molar refractivity (Wildman–Crippen MR) is 80.3 cm³/mol. The van der Waals surface area contributed by atoms with Crippen LogP contribution in [-0.2, 0) is 17.8 Å². The quantitative estimate of drug-likeness (QED) is 0.917. The Morgan fingerprint density at radius 3 is 2.75 bits per heavy atom. The third-order valence-corrected chi connectivity index (χ3v) is 4.00. The van der Waals surface area contributed by atoms with E-state index in [4.69, 9.17) is 0 Å². The Kier molecular flexibility index (Phi) is 4.81. The molecule has 3 heteroatoms. The summed E-state index contributed by atoms with van der Waals surface area (Å²) in [4.78, 5) is 14.0. The summed E-state index contributed by atoms with van der Waals surface area (Å²) >= 11 is 0. The Morgan fingerprint density at radius 2 is 2.10 bits per heavy atom. The minimum absolute atomic E-state index is 0.0467. The van der Waals surface area contributed by atoms with Gasteiger partial charge >= 0.3 is 0 Å². The van der Waals surface area contributed by atoms with Gasteiger partial charge in [0.2, 0.25) is 5.91 Å². The largest absolute Gasteiger partial charge is 0.388 e. The van der Waals surface area contributed by atoms with Crippen LogP contribution in [0.2, 0.25) is 0 Å². The number of rotatable bonds is 4. The maximum Gasteiger partial charge on any atom is 0.225 e. The van der Waals surface area contributed by atoms with Crippen LogP contribution in [0.5, 0.6) is 0 Å². The molecule has 110 valence electrons. The van der Waals surface area contributed by atoms with Gasteiger partial charge in [-0.2, -0.15) is 0 Å². The van der Waals surface area contributed by atoms with Gasteiger partial charge < -0.3 is 10.0 Å². The zero-order valence-electron chi connectivity index (χ0n) is 12.7. The summed E-state index contributed by atoms with van der Waals surface area (Å²) in [5, 5.41) is 10.1. The number of nitrogens with zero attached hydrogens (tertiary/aromatic N) is 1. The minimum atomic E-state index is -0.388. The summed E-state index contributed by atoms with van der Waals surface area (Å²) in [6, 6.07) is 6.22. The summed E-state index contributed by atoms with van der Waals surface area (Å²) in [7, 11) is 0. The number of carbonyl (C=O) groups is 1. The Labute approximate surface area is 121 Å². The van der Waals surface area contributed by atoms with Crippen molar-refractivity contribution in [3.63, 3.8) is 0 Å². The van der Waals surface area contributed by atoms with Crippen molar-refractivity contribution in [1.82, 2.24) is 4.90 Å². The highest BCUT2D eigenvalue weighted by molar-refractivity contribution is 5.78. The van der Waals surface area contributed by atoms with Gasteiger partial charge in [-0.25, -0.2) is 0 Å². The second-order valence-electron chi connectivity index (χ2n) is 6.00. The zero-order valence-corrected chi connectivity index (χ0v) is 12.7. The highest BCUT2D eigenvalue weighted by atomic mass is 16.3. The molecule has 1 aliphatic heterocycles. The van der Waals surface area contributed by atoms with Gasteiger partial charge in [0.05, 0.1) is 6.10 Å². The highest BCUT2D eigenvalue weighted by Gasteiger charge is 2.23. The van der Waals surface area contributed by atoms with Gasteiger partial charge in [-0.1, -0.05) is 45.4 Å². The maximum absolute atomic E-state index is 12.1. The molecule has 1 aromatic carbocycles. The predicted octanol–water partition coefficient (Wildman–Crippen LogP) is 3.06. The monoisotopic (exact) mass is 275 g/mol. The van der Waals surface area contributed by atoms with E-state index in [1.54, 1.807) is 0 Å². The highest BCUT2D eigenvalue weighted by Crippen LogP contribution is 2.26. The van der Waals surface area contributed by atoms with Gasteiger partial charge in [0.25, 0.3) is 0 Å². The zero-order chi connectivity index (χ0) is 14.7. The lowest BCUT2D eigenvalue weighted by Crippen LogP contribution is -2.38. The lowest BCUT2D eigenvalue weighted by Gasteiger charge is -2.30. The van der Waals surface area contributed by atoms with E-state index in [9.17, 15) is 9.90 Å². The van der Waals surface area contributed by atoms with E-state index in [2.05, 4.69) is 19.1 Å². The molecule has 1 N–H and O–H groups in total. The van der Waals surface area contributed by atoms with Gasteiger partial charge in [0.15, 0.2) is 0 Å². The number of carbonyl (C=O) groups excluding carboxylic acids is 1. The Hall–Kier alpha value is -1.35. The van der Waals surface area contributed by atoms with E-state index < -0.39 is 0 Å². The number of fused-ring (bicyclic) bond motifs is 1. The van der Waals surface area contributed by atoms with Crippen LogP contribution in [0.15, 0.2) is 18.2 Å². The molecular formula is C17H25NO2. The van der Waals surface area contributed by atoms with Crippen molar-refractivity contribution in [2.24, 2.45) is 5.92 Å². The maximum atomic E-state index is 12.1. The fourth-order valence-corrected chi connectivity index (χ4v) is 2.78. The van der Waals surface area contributed by atoms with Gasteiger partial charge in [0, 0.05) is 19.0 Å². The molecule has 1 aromatic rings. The van der Waals surface area contributed by atoms with Crippen molar-refractivity contribution in [2.75, 3.05) is 6.54 Å². The van der Waals surface area contributed by atoms with Crippen LogP contribution >= 0.6 is 0 Å². The van der Waals surface area contributed by atoms with Crippen molar-refractivity contribution in [3.05, 3.63) is 34.9 Å². The molecule has 0 aromatic heterocycles. The number of hydrogen-bond acceptors (Lipinski definition) is 2. The molecule has 0 spiro atoms. The summed E-state index contributed by atoms with van der Waals surface area (Å²) in [5.74, 6) is 0.264. The first-order valence-electron chi connectivity index (χ1n) is 7.61. The fraction of sp³-hybridized carbons (Fsp3) is 0.588. The summed E-state index contributed by atoms with van der Waals surface area (Å²) < 4.78 is 0. The number of benzene rings is 1. The summed E-state index contributed by atoms with van der Waals surface area (Å²) in [6.45, 7) is 7.45. The van der Waals surface area contributed by atoms with Crippen LogP contribution in [0, 0.1) is 5.92 Å². The SMILES string of the molecule is CCCC(O)c1ccc2c(c1)CN(C(=O)C(C)C)CC2. The third-order valence-electron chi connectivity index (χ3n) is 4.00. The molecular weight excluding hydrogens is 250 g/mol. The van der Waals surface area contributed by atoms with E-state index in [1.165, 1.54) is 11.1 Å². The standard InChI is InChI=1S/C17H25NO2/c1-4-5-16(19)14-7-6-13-8-9-18(11-15(13)10-14)17(20)12(2)3/h6-7,10,12,16,19H,4-5,8-9,11H2,1-3H3. The lowest BCUT2D eigenvalue weighted by atomic mass is 9.94. The molecule has 1 heterocycles. The number of amides is 1. The topological polar surface area (TPSA) is 40.5 Å². The second-order valence-corrected chi connectivity index (χ2v) is 6.00.